The maximum Gasteiger partial charge on any atom is 0.297 e. The Labute approximate surface area is 264 Å². The van der Waals surface area contributed by atoms with E-state index in [1.54, 1.807) is 36.2 Å². The number of rotatable bonds is 10. The number of nitrogens with two attached hydrogens (primary N) is 1. The predicted molar refractivity (Wildman–Crippen MR) is 166 cm³/mol. The Morgan fingerprint density at radius 1 is 1.13 bits per heavy atom. The highest BCUT2D eigenvalue weighted by atomic mass is 35.5. The van der Waals surface area contributed by atoms with Crippen molar-refractivity contribution in [3.63, 3.8) is 0 Å². The fourth-order valence-corrected chi connectivity index (χ4v) is 6.11. The molecule has 236 valence electrons. The number of nitrogens with zero attached hydrogens (tertiary/aromatic N) is 8. The molecule has 1 aliphatic carbocycles. The standard InChI is InChI=1S/C31H35ClF2N10O/c1-30(2,3)16-31(20-8-5-18(6-9-20)23-14-38-44(41-23)21-10-11-21)28(45)42(29(35)40-31)25(15-36-4)19-7-12-22(32)24(13-19)43-27(26(33)34)37-17-39-43/h5-9,12-14,17,21,25-26,36H,10-11,15-16H2,1-4H3,(H2,35,40)/t25-,31-/m1/s1. The van der Waals surface area contributed by atoms with E-state index in [2.05, 4.69) is 46.4 Å². The van der Waals surface area contributed by atoms with Crippen LogP contribution in [0.4, 0.5) is 8.78 Å². The number of halogens is 3. The zero-order valence-electron chi connectivity index (χ0n) is 25.5. The number of benzene rings is 2. The smallest absolute Gasteiger partial charge is 0.297 e. The van der Waals surface area contributed by atoms with Gasteiger partial charge in [0.05, 0.1) is 29.0 Å². The maximum absolute atomic E-state index is 14.7. The average Bonchev–Trinajstić information content (AvgIpc) is 3.41. The van der Waals surface area contributed by atoms with Crippen LogP contribution < -0.4 is 11.1 Å². The van der Waals surface area contributed by atoms with Gasteiger partial charge in [-0.2, -0.15) is 20.1 Å². The summed E-state index contributed by atoms with van der Waals surface area (Å²) in [6.45, 7) is 6.45. The summed E-state index contributed by atoms with van der Waals surface area (Å²) in [5, 5.41) is 16.3. The summed E-state index contributed by atoms with van der Waals surface area (Å²) < 4.78 is 28.4. The van der Waals surface area contributed by atoms with Crippen molar-refractivity contribution in [2.45, 2.75) is 64.1 Å². The van der Waals surface area contributed by atoms with Gasteiger partial charge in [-0.1, -0.05) is 62.7 Å². The molecule has 0 unspecified atom stereocenters. The first-order valence-electron chi connectivity index (χ1n) is 14.8. The molecule has 2 atom stereocenters. The lowest BCUT2D eigenvalue weighted by Gasteiger charge is -2.35. The molecule has 6 rings (SSSR count). The summed E-state index contributed by atoms with van der Waals surface area (Å²) in [4.78, 5) is 26.5. The highest BCUT2D eigenvalue weighted by Crippen LogP contribution is 2.45. The number of likely N-dealkylation sites (N-methyl/N-ethyl adjacent to an activating group) is 1. The summed E-state index contributed by atoms with van der Waals surface area (Å²) in [5.41, 5.74) is 8.18. The van der Waals surface area contributed by atoms with Gasteiger partial charge < -0.3 is 11.1 Å². The Morgan fingerprint density at radius 2 is 1.87 bits per heavy atom. The van der Waals surface area contributed by atoms with Crippen LogP contribution >= 0.6 is 11.6 Å². The van der Waals surface area contributed by atoms with Crippen LogP contribution in [0.15, 0.2) is 60.0 Å². The third-order valence-electron chi connectivity index (χ3n) is 8.01. The van der Waals surface area contributed by atoms with Gasteiger partial charge in [0.2, 0.25) is 0 Å². The minimum absolute atomic E-state index is 0.0616. The molecule has 4 aromatic rings. The predicted octanol–water partition coefficient (Wildman–Crippen LogP) is 5.20. The molecule has 0 saturated heterocycles. The number of carbonyl (C=O) groups is 1. The van der Waals surface area contributed by atoms with Crippen LogP contribution in [0.3, 0.4) is 0 Å². The van der Waals surface area contributed by atoms with Crippen LogP contribution in [0.1, 0.15) is 75.5 Å². The molecule has 2 aromatic carbocycles. The van der Waals surface area contributed by atoms with Gasteiger partial charge in [0.15, 0.2) is 17.3 Å². The van der Waals surface area contributed by atoms with E-state index in [9.17, 15) is 13.6 Å². The number of aromatic nitrogens is 6. The van der Waals surface area contributed by atoms with E-state index in [1.165, 1.54) is 4.90 Å². The van der Waals surface area contributed by atoms with Crippen molar-refractivity contribution in [1.29, 1.82) is 0 Å². The molecule has 3 N–H and O–H groups in total. The first-order valence-corrected chi connectivity index (χ1v) is 15.1. The van der Waals surface area contributed by atoms with Gasteiger partial charge in [0.25, 0.3) is 12.3 Å². The Hall–Kier alpha value is -4.23. The van der Waals surface area contributed by atoms with Crippen molar-refractivity contribution in [1.82, 2.24) is 40.0 Å². The summed E-state index contributed by atoms with van der Waals surface area (Å²) >= 11 is 6.45. The molecule has 2 aliphatic rings. The van der Waals surface area contributed by atoms with E-state index in [-0.39, 0.29) is 28.0 Å². The second-order valence-corrected chi connectivity index (χ2v) is 13.1. The number of nitrogens with one attached hydrogen (secondary N) is 1. The number of hydrogen-bond acceptors (Lipinski definition) is 8. The first-order chi connectivity index (χ1) is 21.4. The minimum atomic E-state index is -2.86. The fourth-order valence-electron chi connectivity index (χ4n) is 5.92. The lowest BCUT2D eigenvalue weighted by molar-refractivity contribution is -0.134. The largest absolute Gasteiger partial charge is 0.369 e. The highest BCUT2D eigenvalue weighted by molar-refractivity contribution is 6.32. The zero-order valence-corrected chi connectivity index (χ0v) is 26.2. The lowest BCUT2D eigenvalue weighted by Crippen LogP contribution is -2.48. The van der Waals surface area contributed by atoms with Crippen molar-refractivity contribution in [2.24, 2.45) is 16.1 Å². The summed E-state index contributed by atoms with van der Waals surface area (Å²) in [7, 11) is 1.75. The molecule has 14 heteroatoms. The van der Waals surface area contributed by atoms with Gasteiger partial charge in [-0.05, 0) is 55.0 Å². The van der Waals surface area contributed by atoms with Crippen molar-refractivity contribution < 1.29 is 13.6 Å². The van der Waals surface area contributed by atoms with E-state index in [0.29, 0.717) is 30.1 Å². The second kappa shape index (κ2) is 11.6. The molecule has 0 spiro atoms. The molecule has 1 fully saturated rings. The number of hydrogen-bond donors (Lipinski definition) is 2. The molecule has 1 saturated carbocycles. The Kier molecular flexibility index (Phi) is 7.94. The van der Waals surface area contributed by atoms with Crippen molar-refractivity contribution in [2.75, 3.05) is 13.6 Å². The quantitative estimate of drug-likeness (QED) is 0.244. The number of alkyl halides is 2. The number of carbonyl (C=O) groups excluding carboxylic acids is 1. The molecular weight excluding hydrogens is 602 g/mol. The molecular formula is C31H35ClF2N10O. The Morgan fingerprint density at radius 3 is 2.51 bits per heavy atom. The Bertz CT molecular complexity index is 1740. The fraction of sp³-hybridized carbons (Fsp3) is 0.419. The lowest BCUT2D eigenvalue weighted by atomic mass is 9.75. The molecule has 45 heavy (non-hydrogen) atoms. The van der Waals surface area contributed by atoms with Crippen LogP contribution in [-0.2, 0) is 10.3 Å². The van der Waals surface area contributed by atoms with Gasteiger partial charge in [-0.25, -0.2) is 23.4 Å². The summed E-state index contributed by atoms with van der Waals surface area (Å²) in [5.74, 6) is -0.764. The first kappa shape index (κ1) is 30.8. The third-order valence-corrected chi connectivity index (χ3v) is 8.33. The number of aliphatic imine (C=N–C) groups is 1. The van der Waals surface area contributed by atoms with Crippen LogP contribution in [0.25, 0.3) is 16.9 Å². The molecule has 0 bridgehead atoms. The van der Waals surface area contributed by atoms with E-state index in [4.69, 9.17) is 22.3 Å². The molecule has 0 radical (unpaired) electrons. The number of amides is 1. The number of guanidine groups is 1. The topological polar surface area (TPSA) is 132 Å². The van der Waals surface area contributed by atoms with Crippen molar-refractivity contribution >= 4 is 23.5 Å². The van der Waals surface area contributed by atoms with Gasteiger partial charge in [-0.15, -0.1) is 0 Å². The van der Waals surface area contributed by atoms with E-state index in [1.807, 2.05) is 24.3 Å². The van der Waals surface area contributed by atoms with Crippen molar-refractivity contribution in [3.8, 4) is 16.9 Å². The van der Waals surface area contributed by atoms with Crippen LogP contribution in [0.5, 0.6) is 0 Å². The van der Waals surface area contributed by atoms with E-state index >= 15 is 0 Å². The van der Waals surface area contributed by atoms with Gasteiger partial charge in [0.1, 0.15) is 12.0 Å². The Balaban J connectivity index is 1.38. The second-order valence-electron chi connectivity index (χ2n) is 12.7. The molecule has 3 heterocycles. The normalized spacial score (nSPS) is 19.4. The molecule has 2 aromatic heterocycles. The van der Waals surface area contributed by atoms with Gasteiger partial charge >= 0.3 is 0 Å². The van der Waals surface area contributed by atoms with Gasteiger partial charge in [-0.3, -0.25) is 9.69 Å². The van der Waals surface area contributed by atoms with Crippen LogP contribution in [-0.4, -0.2) is 60.1 Å². The maximum atomic E-state index is 14.7. The van der Waals surface area contributed by atoms with Crippen LogP contribution in [0.2, 0.25) is 5.02 Å². The third kappa shape index (κ3) is 5.82. The summed E-state index contributed by atoms with van der Waals surface area (Å²) in [6, 6.07) is 12.3. The SMILES string of the molecule is CNC[C@H](c1ccc(Cl)c(-n2ncnc2C(F)F)c1)N1C(=O)[C@@](CC(C)(C)C)(c2ccc(-c3cnn(C4CC4)n3)cc2)N=C1N. The average molecular weight is 637 g/mol. The monoisotopic (exact) mass is 636 g/mol. The highest BCUT2D eigenvalue weighted by Gasteiger charge is 2.53. The molecule has 1 amide bonds. The van der Waals surface area contributed by atoms with Crippen LogP contribution in [0, 0.1) is 5.41 Å². The zero-order chi connectivity index (χ0) is 32.1. The minimum Gasteiger partial charge on any atom is -0.369 e. The van der Waals surface area contributed by atoms with Crippen molar-refractivity contribution in [3.05, 3.63) is 77.0 Å². The summed E-state index contributed by atoms with van der Waals surface area (Å²) in [6.07, 6.45) is 2.50. The van der Waals surface area contributed by atoms with E-state index in [0.717, 1.165) is 35.1 Å². The molecule has 11 nitrogen and oxygen atoms in total. The van der Waals surface area contributed by atoms with E-state index < -0.39 is 23.8 Å². The molecule has 1 aliphatic heterocycles. The van der Waals surface area contributed by atoms with Gasteiger partial charge in [0, 0.05) is 12.1 Å².